The molecule has 0 radical (unpaired) electrons. The predicted molar refractivity (Wildman–Crippen MR) is 70.2 cm³/mol. The maximum Gasteiger partial charge on any atom is 0.273 e. The standard InChI is InChI=1S/C13H11NO3S/c1-17-12-9-10(14(15)16)7-8-13(12)18-11-5-3-2-4-6-11/h2-9H,1H3. The van der Waals surface area contributed by atoms with Crippen LogP contribution in [0.4, 0.5) is 5.69 Å². The summed E-state index contributed by atoms with van der Waals surface area (Å²) < 4.78 is 5.18. The van der Waals surface area contributed by atoms with Crippen molar-refractivity contribution in [2.75, 3.05) is 7.11 Å². The molecule has 0 aliphatic carbocycles. The van der Waals surface area contributed by atoms with E-state index in [0.717, 1.165) is 9.79 Å². The van der Waals surface area contributed by atoms with E-state index < -0.39 is 4.92 Å². The summed E-state index contributed by atoms with van der Waals surface area (Å²) in [5, 5.41) is 10.7. The molecule has 2 aromatic carbocycles. The molecule has 0 saturated carbocycles. The SMILES string of the molecule is COc1cc([N+](=O)[O-])ccc1Sc1ccccc1. The van der Waals surface area contributed by atoms with Gasteiger partial charge >= 0.3 is 0 Å². The van der Waals surface area contributed by atoms with Gasteiger partial charge in [0, 0.05) is 11.0 Å². The normalized spacial score (nSPS) is 10.1. The summed E-state index contributed by atoms with van der Waals surface area (Å²) in [6.45, 7) is 0. The van der Waals surface area contributed by atoms with Gasteiger partial charge < -0.3 is 4.74 Å². The lowest BCUT2D eigenvalue weighted by molar-refractivity contribution is -0.385. The Balaban J connectivity index is 2.31. The minimum absolute atomic E-state index is 0.0317. The summed E-state index contributed by atoms with van der Waals surface area (Å²) in [5.74, 6) is 0.512. The predicted octanol–water partition coefficient (Wildman–Crippen LogP) is 3.75. The summed E-state index contributed by atoms with van der Waals surface area (Å²) in [6.07, 6.45) is 0. The van der Waals surface area contributed by atoms with Crippen LogP contribution < -0.4 is 4.74 Å². The lowest BCUT2D eigenvalue weighted by Crippen LogP contribution is -1.91. The van der Waals surface area contributed by atoms with Gasteiger partial charge in [0.25, 0.3) is 5.69 Å². The van der Waals surface area contributed by atoms with Crippen LogP contribution in [0.1, 0.15) is 0 Å². The lowest BCUT2D eigenvalue weighted by atomic mass is 10.3. The second-order valence-corrected chi connectivity index (χ2v) is 4.62. The van der Waals surface area contributed by atoms with Crippen molar-refractivity contribution in [3.63, 3.8) is 0 Å². The van der Waals surface area contributed by atoms with Crippen molar-refractivity contribution in [2.24, 2.45) is 0 Å². The minimum atomic E-state index is -0.431. The number of rotatable bonds is 4. The van der Waals surface area contributed by atoms with Gasteiger partial charge in [-0.05, 0) is 18.2 Å². The molecule has 0 unspecified atom stereocenters. The van der Waals surface area contributed by atoms with Crippen molar-refractivity contribution in [1.82, 2.24) is 0 Å². The number of hydrogen-bond acceptors (Lipinski definition) is 4. The van der Waals surface area contributed by atoms with Gasteiger partial charge in [-0.1, -0.05) is 30.0 Å². The van der Waals surface area contributed by atoms with Crippen molar-refractivity contribution in [3.8, 4) is 5.75 Å². The van der Waals surface area contributed by atoms with E-state index >= 15 is 0 Å². The van der Waals surface area contributed by atoms with Crippen LogP contribution in [0.15, 0.2) is 58.3 Å². The molecule has 0 N–H and O–H groups in total. The first-order valence-corrected chi connectivity index (χ1v) is 6.07. The van der Waals surface area contributed by atoms with Crippen LogP contribution in [0.5, 0.6) is 5.75 Å². The molecule has 2 rings (SSSR count). The van der Waals surface area contributed by atoms with Crippen molar-refractivity contribution in [1.29, 1.82) is 0 Å². The molecule has 18 heavy (non-hydrogen) atoms. The number of nitro benzene ring substituents is 1. The Morgan fingerprint density at radius 1 is 1.17 bits per heavy atom. The Bertz CT molecular complexity index is 557. The quantitative estimate of drug-likeness (QED) is 0.621. The van der Waals surface area contributed by atoms with Crippen LogP contribution in [0.2, 0.25) is 0 Å². The number of non-ortho nitro benzene ring substituents is 1. The number of benzene rings is 2. The Kier molecular flexibility index (Phi) is 3.84. The summed E-state index contributed by atoms with van der Waals surface area (Å²) in [5.41, 5.74) is 0.0317. The zero-order valence-electron chi connectivity index (χ0n) is 9.70. The van der Waals surface area contributed by atoms with E-state index in [1.165, 1.54) is 31.0 Å². The van der Waals surface area contributed by atoms with Gasteiger partial charge in [0.15, 0.2) is 0 Å². The number of ether oxygens (including phenoxy) is 1. The third kappa shape index (κ3) is 2.81. The Labute approximate surface area is 109 Å². The van der Waals surface area contributed by atoms with Gasteiger partial charge in [-0.15, -0.1) is 0 Å². The lowest BCUT2D eigenvalue weighted by Gasteiger charge is -2.07. The molecule has 0 amide bonds. The number of nitro groups is 1. The first kappa shape index (κ1) is 12.4. The second-order valence-electron chi connectivity index (χ2n) is 3.51. The third-order valence-electron chi connectivity index (χ3n) is 2.33. The minimum Gasteiger partial charge on any atom is -0.495 e. The van der Waals surface area contributed by atoms with Crippen molar-refractivity contribution < 1.29 is 9.66 Å². The van der Waals surface area contributed by atoms with Gasteiger partial charge in [0.2, 0.25) is 0 Å². The molecule has 0 aromatic heterocycles. The summed E-state index contributed by atoms with van der Waals surface area (Å²) in [6, 6.07) is 14.4. The van der Waals surface area contributed by atoms with E-state index in [9.17, 15) is 10.1 Å². The van der Waals surface area contributed by atoms with Crippen molar-refractivity contribution in [2.45, 2.75) is 9.79 Å². The molecular formula is C13H11NO3S. The van der Waals surface area contributed by atoms with Gasteiger partial charge in [0.05, 0.1) is 23.0 Å². The monoisotopic (exact) mass is 261 g/mol. The molecule has 0 aliphatic rings. The summed E-state index contributed by atoms with van der Waals surface area (Å²) in [7, 11) is 1.51. The number of nitrogens with zero attached hydrogens (tertiary/aromatic N) is 1. The molecule has 0 aliphatic heterocycles. The number of methoxy groups -OCH3 is 1. The van der Waals surface area contributed by atoms with Crippen LogP contribution in [-0.2, 0) is 0 Å². The molecule has 4 nitrogen and oxygen atoms in total. The smallest absolute Gasteiger partial charge is 0.273 e. The van der Waals surface area contributed by atoms with Crippen LogP contribution in [0, 0.1) is 10.1 Å². The molecule has 0 atom stereocenters. The Hall–Kier alpha value is -2.01. The first-order chi connectivity index (χ1) is 8.70. The van der Waals surface area contributed by atoms with Crippen LogP contribution >= 0.6 is 11.8 Å². The maximum absolute atomic E-state index is 10.7. The zero-order chi connectivity index (χ0) is 13.0. The molecule has 0 spiro atoms. The van der Waals surface area contributed by atoms with E-state index in [1.807, 2.05) is 30.3 Å². The molecule has 2 aromatic rings. The highest BCUT2D eigenvalue weighted by molar-refractivity contribution is 7.99. The zero-order valence-corrected chi connectivity index (χ0v) is 10.5. The molecular weight excluding hydrogens is 250 g/mol. The molecule has 92 valence electrons. The van der Waals surface area contributed by atoms with Crippen LogP contribution in [0.3, 0.4) is 0 Å². The molecule has 0 heterocycles. The Morgan fingerprint density at radius 3 is 2.50 bits per heavy atom. The highest BCUT2D eigenvalue weighted by atomic mass is 32.2. The van der Waals surface area contributed by atoms with Gasteiger partial charge in [-0.2, -0.15) is 0 Å². The molecule has 0 fully saturated rings. The van der Waals surface area contributed by atoms with Crippen molar-refractivity contribution >= 4 is 17.4 Å². The van der Waals surface area contributed by atoms with Gasteiger partial charge in [-0.3, -0.25) is 10.1 Å². The average molecular weight is 261 g/mol. The van der Waals surface area contributed by atoms with E-state index in [0.29, 0.717) is 5.75 Å². The maximum atomic E-state index is 10.7. The summed E-state index contributed by atoms with van der Waals surface area (Å²) in [4.78, 5) is 12.2. The summed E-state index contributed by atoms with van der Waals surface area (Å²) >= 11 is 1.51. The van der Waals surface area contributed by atoms with E-state index in [-0.39, 0.29) is 5.69 Å². The van der Waals surface area contributed by atoms with Gasteiger partial charge in [0.1, 0.15) is 5.75 Å². The number of hydrogen-bond donors (Lipinski definition) is 0. The van der Waals surface area contributed by atoms with E-state index in [1.54, 1.807) is 6.07 Å². The highest BCUT2D eigenvalue weighted by Crippen LogP contribution is 2.36. The molecule has 5 heteroatoms. The average Bonchev–Trinajstić information content (AvgIpc) is 2.40. The topological polar surface area (TPSA) is 52.4 Å². The van der Waals surface area contributed by atoms with E-state index in [4.69, 9.17) is 4.74 Å². The fourth-order valence-corrected chi connectivity index (χ4v) is 2.40. The van der Waals surface area contributed by atoms with Crippen molar-refractivity contribution in [3.05, 3.63) is 58.6 Å². The third-order valence-corrected chi connectivity index (χ3v) is 3.39. The van der Waals surface area contributed by atoms with E-state index in [2.05, 4.69) is 0 Å². The molecule has 0 bridgehead atoms. The highest BCUT2D eigenvalue weighted by Gasteiger charge is 2.12. The second kappa shape index (κ2) is 5.55. The first-order valence-electron chi connectivity index (χ1n) is 5.26. The molecule has 0 saturated heterocycles. The largest absolute Gasteiger partial charge is 0.495 e. The fourth-order valence-electron chi connectivity index (χ4n) is 1.47. The van der Waals surface area contributed by atoms with Gasteiger partial charge in [-0.25, -0.2) is 0 Å². The Morgan fingerprint density at radius 2 is 1.89 bits per heavy atom. The van der Waals surface area contributed by atoms with Crippen LogP contribution in [0.25, 0.3) is 0 Å². The van der Waals surface area contributed by atoms with Crippen LogP contribution in [-0.4, -0.2) is 12.0 Å². The fraction of sp³-hybridized carbons (Fsp3) is 0.0769.